The first kappa shape index (κ1) is 13.9. The van der Waals surface area contributed by atoms with Gasteiger partial charge in [0.15, 0.2) is 0 Å². The van der Waals surface area contributed by atoms with Crippen molar-refractivity contribution in [1.29, 1.82) is 0 Å². The smallest absolute Gasteiger partial charge is 0.254 e. The summed E-state index contributed by atoms with van der Waals surface area (Å²) in [5, 5.41) is 0.452. The zero-order valence-electron chi connectivity index (χ0n) is 11.1. The van der Waals surface area contributed by atoms with Gasteiger partial charge in [-0.3, -0.25) is 9.59 Å². The molecule has 0 aliphatic carbocycles. The zero-order valence-corrected chi connectivity index (χ0v) is 11.9. The van der Waals surface area contributed by atoms with E-state index in [1.807, 2.05) is 6.07 Å². The average molecular weight is 281 g/mol. The number of nitrogens with zero attached hydrogens (tertiary/aromatic N) is 2. The number of Topliss-reactive ketones (excluding diaryl/α,β-unsaturated/α-hetero) is 1. The summed E-state index contributed by atoms with van der Waals surface area (Å²) in [4.78, 5) is 26.7. The molecular formula is C14H17ClN2O2. The van der Waals surface area contributed by atoms with Gasteiger partial charge in [0.1, 0.15) is 5.78 Å². The van der Waals surface area contributed by atoms with E-state index in [0.717, 1.165) is 18.8 Å². The number of amides is 1. The van der Waals surface area contributed by atoms with E-state index >= 15 is 0 Å². The average Bonchev–Trinajstić information content (AvgIpc) is 2.38. The van der Waals surface area contributed by atoms with Crippen molar-refractivity contribution in [2.45, 2.75) is 12.8 Å². The lowest BCUT2D eigenvalue weighted by molar-refractivity contribution is -0.119. The maximum atomic E-state index is 11.9. The molecule has 2 rings (SSSR count). The molecule has 5 heteroatoms. The lowest BCUT2D eigenvalue weighted by Crippen LogP contribution is -2.33. The monoisotopic (exact) mass is 280 g/mol. The van der Waals surface area contributed by atoms with Crippen LogP contribution in [0.1, 0.15) is 23.2 Å². The van der Waals surface area contributed by atoms with Gasteiger partial charge in [0.2, 0.25) is 0 Å². The van der Waals surface area contributed by atoms with Crippen LogP contribution < -0.4 is 4.90 Å². The molecule has 1 heterocycles. The van der Waals surface area contributed by atoms with Gasteiger partial charge in [-0.05, 0) is 18.2 Å². The fourth-order valence-corrected chi connectivity index (χ4v) is 2.39. The molecule has 0 bridgehead atoms. The van der Waals surface area contributed by atoms with Gasteiger partial charge in [0, 0.05) is 45.7 Å². The Labute approximate surface area is 117 Å². The highest BCUT2D eigenvalue weighted by molar-refractivity contribution is 6.34. The second kappa shape index (κ2) is 5.61. The lowest BCUT2D eigenvalue weighted by Gasteiger charge is -2.28. The molecule has 0 N–H and O–H groups in total. The second-order valence-electron chi connectivity index (χ2n) is 4.89. The van der Waals surface area contributed by atoms with E-state index in [9.17, 15) is 9.59 Å². The number of hydrogen-bond acceptors (Lipinski definition) is 3. The van der Waals surface area contributed by atoms with Crippen molar-refractivity contribution < 1.29 is 9.59 Å². The number of hydrogen-bond donors (Lipinski definition) is 0. The molecule has 1 amide bonds. The van der Waals surface area contributed by atoms with Crippen LogP contribution in [0.4, 0.5) is 5.69 Å². The predicted molar refractivity (Wildman–Crippen MR) is 75.9 cm³/mol. The summed E-state index contributed by atoms with van der Waals surface area (Å²) in [7, 11) is 3.39. The number of carbonyl (C=O) groups excluding carboxylic acids is 2. The molecule has 4 nitrogen and oxygen atoms in total. The Morgan fingerprint density at radius 3 is 2.42 bits per heavy atom. The standard InChI is InChI=1S/C14H17ClN2O2/c1-16(2)14(19)12-4-3-10(9-13(12)15)17-7-5-11(18)6-8-17/h3-4,9H,5-8H2,1-2H3. The van der Waals surface area contributed by atoms with Crippen molar-refractivity contribution in [3.8, 4) is 0 Å². The third-order valence-corrected chi connectivity index (χ3v) is 3.59. The minimum atomic E-state index is -0.106. The Hall–Kier alpha value is -1.55. The van der Waals surface area contributed by atoms with Crippen LogP contribution in [0.25, 0.3) is 0 Å². The third kappa shape index (κ3) is 3.07. The van der Waals surface area contributed by atoms with Crippen molar-refractivity contribution >= 4 is 29.0 Å². The number of rotatable bonds is 2. The maximum absolute atomic E-state index is 11.9. The van der Waals surface area contributed by atoms with Crippen LogP contribution in [-0.4, -0.2) is 43.8 Å². The molecule has 1 aliphatic heterocycles. The molecule has 0 saturated carbocycles. The molecule has 0 atom stereocenters. The summed E-state index contributed by atoms with van der Waals surface area (Å²) in [6.45, 7) is 1.44. The van der Waals surface area contributed by atoms with E-state index in [1.165, 1.54) is 4.90 Å². The fraction of sp³-hybridized carbons (Fsp3) is 0.429. The van der Waals surface area contributed by atoms with Crippen molar-refractivity contribution in [2.24, 2.45) is 0 Å². The zero-order chi connectivity index (χ0) is 14.0. The van der Waals surface area contributed by atoms with Gasteiger partial charge in [-0.1, -0.05) is 11.6 Å². The topological polar surface area (TPSA) is 40.6 Å². The van der Waals surface area contributed by atoms with Crippen LogP contribution in [-0.2, 0) is 4.79 Å². The fourth-order valence-electron chi connectivity index (χ4n) is 2.13. The van der Waals surface area contributed by atoms with Gasteiger partial charge in [0.25, 0.3) is 5.91 Å². The first-order valence-electron chi connectivity index (χ1n) is 6.27. The highest BCUT2D eigenvalue weighted by atomic mass is 35.5. The molecule has 1 aromatic carbocycles. The van der Waals surface area contributed by atoms with Crippen LogP contribution in [0, 0.1) is 0 Å². The van der Waals surface area contributed by atoms with Crippen molar-refractivity contribution in [3.63, 3.8) is 0 Å². The molecule has 1 aromatic rings. The van der Waals surface area contributed by atoms with Crippen LogP contribution in [0.5, 0.6) is 0 Å². The van der Waals surface area contributed by atoms with E-state index in [-0.39, 0.29) is 5.91 Å². The molecule has 1 fully saturated rings. The van der Waals surface area contributed by atoms with Crippen LogP contribution in [0.15, 0.2) is 18.2 Å². The Kier molecular flexibility index (Phi) is 4.10. The normalized spacial score (nSPS) is 15.5. The molecule has 0 spiro atoms. The highest BCUT2D eigenvalue weighted by Crippen LogP contribution is 2.26. The maximum Gasteiger partial charge on any atom is 0.254 e. The Bertz CT molecular complexity index is 504. The molecule has 19 heavy (non-hydrogen) atoms. The quantitative estimate of drug-likeness (QED) is 0.834. The van der Waals surface area contributed by atoms with E-state index in [1.54, 1.807) is 26.2 Å². The molecule has 0 unspecified atom stereocenters. The summed E-state index contributed by atoms with van der Waals surface area (Å²) in [5.41, 5.74) is 1.47. The van der Waals surface area contributed by atoms with Gasteiger partial charge in [-0.15, -0.1) is 0 Å². The lowest BCUT2D eigenvalue weighted by atomic mass is 10.1. The van der Waals surface area contributed by atoms with E-state index in [4.69, 9.17) is 11.6 Å². The Balaban J connectivity index is 2.19. The van der Waals surface area contributed by atoms with Gasteiger partial charge in [-0.25, -0.2) is 0 Å². The molecule has 1 saturated heterocycles. The van der Waals surface area contributed by atoms with Gasteiger partial charge < -0.3 is 9.80 Å². The first-order valence-corrected chi connectivity index (χ1v) is 6.64. The molecule has 102 valence electrons. The number of carbonyl (C=O) groups is 2. The van der Waals surface area contributed by atoms with Crippen molar-refractivity contribution in [3.05, 3.63) is 28.8 Å². The van der Waals surface area contributed by atoms with Crippen LogP contribution in [0.3, 0.4) is 0 Å². The third-order valence-electron chi connectivity index (χ3n) is 3.28. The predicted octanol–water partition coefficient (Wildman–Crippen LogP) is 2.21. The summed E-state index contributed by atoms with van der Waals surface area (Å²) < 4.78 is 0. The molecular weight excluding hydrogens is 264 g/mol. The largest absolute Gasteiger partial charge is 0.371 e. The Morgan fingerprint density at radius 1 is 1.26 bits per heavy atom. The summed E-state index contributed by atoms with van der Waals surface area (Å²) >= 11 is 6.18. The number of anilines is 1. The summed E-state index contributed by atoms with van der Waals surface area (Å²) in [5.74, 6) is 0.201. The first-order chi connectivity index (χ1) is 8.99. The number of ketones is 1. The van der Waals surface area contributed by atoms with Crippen molar-refractivity contribution in [2.75, 3.05) is 32.1 Å². The van der Waals surface area contributed by atoms with Crippen molar-refractivity contribution in [1.82, 2.24) is 4.90 Å². The van der Waals surface area contributed by atoms with Crippen LogP contribution >= 0.6 is 11.6 Å². The van der Waals surface area contributed by atoms with E-state index < -0.39 is 0 Å². The van der Waals surface area contributed by atoms with E-state index in [0.29, 0.717) is 29.2 Å². The molecule has 1 aliphatic rings. The van der Waals surface area contributed by atoms with Gasteiger partial charge in [0.05, 0.1) is 10.6 Å². The second-order valence-corrected chi connectivity index (χ2v) is 5.30. The number of benzene rings is 1. The summed E-state index contributed by atoms with van der Waals surface area (Å²) in [6, 6.07) is 5.43. The SMILES string of the molecule is CN(C)C(=O)c1ccc(N2CCC(=O)CC2)cc1Cl. The summed E-state index contributed by atoms with van der Waals surface area (Å²) in [6.07, 6.45) is 1.16. The Morgan fingerprint density at radius 2 is 1.89 bits per heavy atom. The minimum absolute atomic E-state index is 0.106. The number of piperidine rings is 1. The minimum Gasteiger partial charge on any atom is -0.371 e. The van der Waals surface area contributed by atoms with Gasteiger partial charge in [-0.2, -0.15) is 0 Å². The molecule has 0 radical (unpaired) electrons. The van der Waals surface area contributed by atoms with E-state index in [2.05, 4.69) is 4.90 Å². The molecule has 0 aromatic heterocycles. The highest BCUT2D eigenvalue weighted by Gasteiger charge is 2.18. The number of halogens is 1. The van der Waals surface area contributed by atoms with Gasteiger partial charge >= 0.3 is 0 Å². The van der Waals surface area contributed by atoms with Crippen LogP contribution in [0.2, 0.25) is 5.02 Å².